The molecule has 1 atom stereocenters. The number of nitrogens with one attached hydrogen (secondary N) is 4. The molecule has 1 aromatic heterocycles. The Morgan fingerprint density at radius 2 is 1.68 bits per heavy atom. The average Bonchev–Trinajstić information content (AvgIpc) is 3.50. The van der Waals surface area contributed by atoms with Crippen molar-refractivity contribution in [3.05, 3.63) is 71.9 Å². The van der Waals surface area contributed by atoms with Crippen LogP contribution in [0.5, 0.6) is 0 Å². The molecule has 2 heterocycles. The predicted octanol–water partition coefficient (Wildman–Crippen LogP) is 0.154. The zero-order chi connectivity index (χ0) is 21.2. The molecule has 1 aliphatic heterocycles. The molecule has 1 saturated carbocycles. The summed E-state index contributed by atoms with van der Waals surface area (Å²) < 4.78 is 0. The molecule has 31 heavy (non-hydrogen) atoms. The van der Waals surface area contributed by atoms with Gasteiger partial charge in [-0.1, -0.05) is 48.5 Å². The number of fused-ring (bicyclic) bond motifs is 1. The first kappa shape index (κ1) is 20.0. The molecule has 1 amide bonds. The third kappa shape index (κ3) is 4.40. The minimum atomic E-state index is -0.234. The number of carbonyl (C=O) groups excluding carboxylic acids is 2. The lowest BCUT2D eigenvalue weighted by atomic mass is 9.95. The summed E-state index contributed by atoms with van der Waals surface area (Å²) in [5, 5.41) is 4.07. The number of piperazine rings is 1. The molecular formula is C25H30N4O2+2. The summed E-state index contributed by atoms with van der Waals surface area (Å²) >= 11 is 0. The molecule has 0 bridgehead atoms. The van der Waals surface area contributed by atoms with Crippen molar-refractivity contribution in [3.8, 4) is 0 Å². The van der Waals surface area contributed by atoms with E-state index in [2.05, 4.69) is 22.4 Å². The topological polar surface area (TPSA) is 70.8 Å². The first-order chi connectivity index (χ1) is 15.2. The highest BCUT2D eigenvalue weighted by molar-refractivity contribution is 6.10. The molecule has 2 aliphatic rings. The Morgan fingerprint density at radius 3 is 2.42 bits per heavy atom. The normalized spacial score (nSPS) is 22.2. The largest absolute Gasteiger partial charge is 0.360 e. The maximum absolute atomic E-state index is 13.8. The molecule has 0 unspecified atom stereocenters. The zero-order valence-corrected chi connectivity index (χ0v) is 17.7. The number of aromatic amines is 1. The van der Waals surface area contributed by atoms with Gasteiger partial charge in [0.2, 0.25) is 5.78 Å². The van der Waals surface area contributed by atoms with Crippen molar-refractivity contribution in [1.29, 1.82) is 0 Å². The number of carbonyl (C=O) groups is 2. The minimum absolute atomic E-state index is 0.161. The monoisotopic (exact) mass is 418 g/mol. The summed E-state index contributed by atoms with van der Waals surface area (Å²) in [6, 6.07) is 18.3. The Hall–Kier alpha value is -2.96. The molecule has 1 aliphatic carbocycles. The van der Waals surface area contributed by atoms with Gasteiger partial charge in [-0.3, -0.25) is 9.59 Å². The van der Waals surface area contributed by atoms with Crippen LogP contribution >= 0.6 is 0 Å². The lowest BCUT2D eigenvalue weighted by Gasteiger charge is -2.34. The van der Waals surface area contributed by atoms with E-state index in [1.165, 1.54) is 9.80 Å². The van der Waals surface area contributed by atoms with E-state index in [1.54, 1.807) is 0 Å². The van der Waals surface area contributed by atoms with Crippen molar-refractivity contribution in [2.45, 2.75) is 24.9 Å². The van der Waals surface area contributed by atoms with Crippen molar-refractivity contribution in [2.24, 2.45) is 0 Å². The van der Waals surface area contributed by atoms with Crippen molar-refractivity contribution >= 4 is 22.6 Å². The summed E-state index contributed by atoms with van der Waals surface area (Å²) in [7, 11) is 0. The molecule has 4 N–H and O–H groups in total. The molecule has 2 aromatic carbocycles. The Balaban J connectivity index is 1.34. The van der Waals surface area contributed by atoms with Gasteiger partial charge in [-0.25, -0.2) is 0 Å². The fourth-order valence-corrected chi connectivity index (χ4v) is 4.77. The van der Waals surface area contributed by atoms with Crippen LogP contribution in [0.15, 0.2) is 60.8 Å². The number of benzene rings is 2. The Labute approximate surface area is 182 Å². The van der Waals surface area contributed by atoms with E-state index in [0.717, 1.165) is 61.1 Å². The molecule has 6 heteroatoms. The number of quaternary nitrogens is 2. The molecule has 2 fully saturated rings. The number of aromatic nitrogens is 1. The first-order valence-corrected chi connectivity index (χ1v) is 11.3. The maximum Gasteiger partial charge on any atom is 0.275 e. The van der Waals surface area contributed by atoms with Gasteiger partial charge in [0.25, 0.3) is 5.91 Å². The Morgan fingerprint density at radius 1 is 0.968 bits per heavy atom. The number of ketones is 1. The fraction of sp³-hybridized carbons (Fsp3) is 0.360. The van der Waals surface area contributed by atoms with Crippen molar-refractivity contribution in [3.63, 3.8) is 0 Å². The van der Waals surface area contributed by atoms with Gasteiger partial charge in [0.1, 0.15) is 26.2 Å². The van der Waals surface area contributed by atoms with Crippen molar-refractivity contribution in [1.82, 2.24) is 10.3 Å². The van der Waals surface area contributed by atoms with Gasteiger partial charge in [-0.2, -0.15) is 0 Å². The third-order valence-electron chi connectivity index (χ3n) is 6.61. The second-order valence-corrected chi connectivity index (χ2v) is 8.88. The fourth-order valence-electron chi connectivity index (χ4n) is 4.77. The van der Waals surface area contributed by atoms with Gasteiger partial charge in [-0.05, 0) is 18.9 Å². The number of hydrogen-bond donors (Lipinski definition) is 4. The van der Waals surface area contributed by atoms with E-state index in [0.29, 0.717) is 12.6 Å². The van der Waals surface area contributed by atoms with Crippen LogP contribution in [0.4, 0.5) is 0 Å². The predicted molar refractivity (Wildman–Crippen MR) is 119 cm³/mol. The van der Waals surface area contributed by atoms with Gasteiger partial charge in [0, 0.05) is 34.3 Å². The number of amides is 1. The van der Waals surface area contributed by atoms with E-state index >= 15 is 0 Å². The van der Waals surface area contributed by atoms with Gasteiger partial charge >= 0.3 is 0 Å². The van der Waals surface area contributed by atoms with E-state index in [1.807, 2.05) is 48.7 Å². The van der Waals surface area contributed by atoms with Crippen LogP contribution in [0, 0.1) is 0 Å². The number of para-hydroxylation sites is 1. The van der Waals surface area contributed by atoms with Crippen LogP contribution in [0.25, 0.3) is 10.9 Å². The lowest BCUT2D eigenvalue weighted by molar-refractivity contribution is -1.02. The van der Waals surface area contributed by atoms with Crippen LogP contribution in [0.2, 0.25) is 0 Å². The van der Waals surface area contributed by atoms with Crippen LogP contribution < -0.4 is 15.1 Å². The molecule has 160 valence electrons. The van der Waals surface area contributed by atoms with E-state index < -0.39 is 0 Å². The Bertz CT molecular complexity index is 1070. The molecule has 6 nitrogen and oxygen atoms in total. The summed E-state index contributed by atoms with van der Waals surface area (Å²) in [6.45, 7) is 4.09. The van der Waals surface area contributed by atoms with Crippen molar-refractivity contribution < 1.29 is 19.4 Å². The third-order valence-corrected chi connectivity index (χ3v) is 6.61. The highest BCUT2D eigenvalue weighted by Gasteiger charge is 2.37. The van der Waals surface area contributed by atoms with Gasteiger partial charge in [0.15, 0.2) is 12.6 Å². The molecule has 0 radical (unpaired) electrons. The lowest BCUT2D eigenvalue weighted by Crippen LogP contribution is -3.28. The van der Waals surface area contributed by atoms with E-state index in [4.69, 9.17) is 0 Å². The summed E-state index contributed by atoms with van der Waals surface area (Å²) in [6.07, 6.45) is 4.09. The Kier molecular flexibility index (Phi) is 5.57. The molecular weight excluding hydrogens is 388 g/mol. The smallest absolute Gasteiger partial charge is 0.275 e. The molecule has 1 saturated heterocycles. The maximum atomic E-state index is 13.8. The first-order valence-electron chi connectivity index (χ1n) is 11.3. The number of rotatable bonds is 7. The second kappa shape index (κ2) is 8.65. The number of H-pyrrole nitrogens is 1. The molecule has 5 rings (SSSR count). The highest BCUT2D eigenvalue weighted by Crippen LogP contribution is 2.23. The van der Waals surface area contributed by atoms with Crippen LogP contribution in [0.1, 0.15) is 34.8 Å². The highest BCUT2D eigenvalue weighted by atomic mass is 16.2. The van der Waals surface area contributed by atoms with Crippen LogP contribution in [-0.2, 0) is 4.79 Å². The zero-order valence-electron chi connectivity index (χ0n) is 17.7. The average molecular weight is 419 g/mol. The minimum Gasteiger partial charge on any atom is -0.360 e. The van der Waals surface area contributed by atoms with Crippen LogP contribution in [-0.4, -0.2) is 55.4 Å². The van der Waals surface area contributed by atoms with E-state index in [9.17, 15) is 9.59 Å². The quantitative estimate of drug-likeness (QED) is 0.413. The summed E-state index contributed by atoms with van der Waals surface area (Å²) in [5.41, 5.74) is 2.81. The number of hydrogen-bond acceptors (Lipinski definition) is 2. The summed E-state index contributed by atoms with van der Waals surface area (Å²) in [4.78, 5) is 31.8. The second-order valence-electron chi connectivity index (χ2n) is 8.88. The summed E-state index contributed by atoms with van der Waals surface area (Å²) in [5.74, 6) is 0.323. The van der Waals surface area contributed by atoms with Crippen molar-refractivity contribution in [2.75, 3.05) is 32.7 Å². The standard InChI is InChI=1S/C25H28N4O2/c30-23(27-19-10-11-19)17-28-12-14-29(15-13-28)24(18-6-2-1-3-7-18)25(31)21-16-26-22-9-5-4-8-20(21)22/h1-9,16,19,24,26H,10-15,17H2,(H,27,30)/p+2/t24-/m1/s1. The van der Waals surface area contributed by atoms with Crippen LogP contribution in [0.3, 0.4) is 0 Å². The van der Waals surface area contributed by atoms with Gasteiger partial charge in [0.05, 0.1) is 0 Å². The number of Topliss-reactive ketones (excluding diaryl/α,β-unsaturated/α-hetero) is 1. The SMILES string of the molecule is O=C(C[NH+]1CC[NH+]([C@@H](C(=O)c2c[nH]c3ccccc23)c2ccccc2)CC1)NC1CC1. The van der Waals surface area contributed by atoms with E-state index in [-0.39, 0.29) is 17.7 Å². The molecule has 0 spiro atoms. The van der Waals surface area contributed by atoms with Gasteiger partial charge in [-0.15, -0.1) is 0 Å². The molecule has 3 aromatic rings. The van der Waals surface area contributed by atoms with Gasteiger partial charge < -0.3 is 20.1 Å².